The van der Waals surface area contributed by atoms with Gasteiger partial charge in [0.25, 0.3) is 5.91 Å². The second-order valence-corrected chi connectivity index (χ2v) is 5.23. The molecule has 0 radical (unpaired) electrons. The van der Waals surface area contributed by atoms with Crippen LogP contribution in [-0.4, -0.2) is 51.2 Å². The van der Waals surface area contributed by atoms with Gasteiger partial charge >= 0.3 is 0 Å². The molecule has 19 heavy (non-hydrogen) atoms. The molecule has 0 bridgehead atoms. The summed E-state index contributed by atoms with van der Waals surface area (Å²) in [6.45, 7) is 2.23. The zero-order valence-corrected chi connectivity index (χ0v) is 11.0. The number of nitrogens with one attached hydrogen (secondary N) is 1. The zero-order valence-electron chi connectivity index (χ0n) is 11.0. The number of rotatable bonds is 4. The minimum absolute atomic E-state index is 0.00799. The number of aliphatic hydroxyl groups is 1. The Balaban J connectivity index is 1.78. The number of nitrogens with zero attached hydrogens (tertiary/aromatic N) is 3. The molecule has 1 aliphatic heterocycles. The largest absolute Gasteiger partial charge is 0.395 e. The number of aliphatic hydroxyl groups excluding tert-OH is 1. The summed E-state index contributed by atoms with van der Waals surface area (Å²) >= 11 is 0. The van der Waals surface area contributed by atoms with Crippen molar-refractivity contribution in [2.75, 3.05) is 25.0 Å². The van der Waals surface area contributed by atoms with Gasteiger partial charge in [-0.15, -0.1) is 0 Å². The van der Waals surface area contributed by atoms with Crippen molar-refractivity contribution in [1.82, 2.24) is 14.5 Å². The molecule has 6 heteroatoms. The number of carbonyl (C=O) groups excluding carboxylic acids is 1. The highest BCUT2D eigenvalue weighted by atomic mass is 16.3. The monoisotopic (exact) mass is 264 g/mol. The number of amides is 1. The van der Waals surface area contributed by atoms with Crippen molar-refractivity contribution < 1.29 is 9.90 Å². The van der Waals surface area contributed by atoms with Crippen LogP contribution in [-0.2, 0) is 6.54 Å². The highest BCUT2D eigenvalue weighted by Gasteiger charge is 2.30. The number of carbonyl (C=O) groups is 1. The second kappa shape index (κ2) is 5.21. The van der Waals surface area contributed by atoms with Crippen LogP contribution in [0.15, 0.2) is 6.20 Å². The molecule has 2 aliphatic rings. The maximum atomic E-state index is 12.5. The van der Waals surface area contributed by atoms with E-state index < -0.39 is 0 Å². The number of aryl methyl sites for hydroxylation is 1. The smallest absolute Gasteiger partial charge is 0.274 e. The summed E-state index contributed by atoms with van der Waals surface area (Å²) in [7, 11) is 0. The molecule has 0 aromatic carbocycles. The third-order valence-electron chi connectivity index (χ3n) is 3.97. The fraction of sp³-hybridized carbons (Fsp3) is 0.692. The Bertz CT molecular complexity index is 444. The van der Waals surface area contributed by atoms with Crippen LogP contribution >= 0.6 is 0 Å². The van der Waals surface area contributed by atoms with E-state index in [0.29, 0.717) is 12.2 Å². The van der Waals surface area contributed by atoms with Gasteiger partial charge in [0.05, 0.1) is 6.61 Å². The summed E-state index contributed by atoms with van der Waals surface area (Å²) in [4.78, 5) is 18.6. The van der Waals surface area contributed by atoms with Crippen LogP contribution < -0.4 is 5.32 Å². The van der Waals surface area contributed by atoms with Crippen molar-refractivity contribution in [3.05, 3.63) is 11.9 Å². The fourth-order valence-electron chi connectivity index (χ4n) is 2.68. The average molecular weight is 264 g/mol. The molecule has 1 aliphatic carbocycles. The molecule has 2 N–H and O–H groups in total. The first-order valence-corrected chi connectivity index (χ1v) is 7.02. The van der Waals surface area contributed by atoms with Crippen molar-refractivity contribution in [3.8, 4) is 0 Å². The van der Waals surface area contributed by atoms with Gasteiger partial charge in [0.2, 0.25) is 5.95 Å². The lowest BCUT2D eigenvalue weighted by molar-refractivity contribution is 0.0520. The molecule has 0 atom stereocenters. The molecule has 0 spiro atoms. The lowest BCUT2D eigenvalue weighted by atomic mass is 9.91. The predicted molar refractivity (Wildman–Crippen MR) is 71.1 cm³/mol. The van der Waals surface area contributed by atoms with Crippen molar-refractivity contribution >= 4 is 11.9 Å². The van der Waals surface area contributed by atoms with E-state index in [0.717, 1.165) is 38.3 Å². The topological polar surface area (TPSA) is 70.4 Å². The van der Waals surface area contributed by atoms with Gasteiger partial charge < -0.3 is 19.9 Å². The Labute approximate surface area is 112 Å². The maximum absolute atomic E-state index is 12.5. The Morgan fingerprint density at radius 2 is 2.37 bits per heavy atom. The molecule has 0 saturated heterocycles. The van der Waals surface area contributed by atoms with E-state index in [2.05, 4.69) is 10.3 Å². The first-order chi connectivity index (χ1) is 9.29. The summed E-state index contributed by atoms with van der Waals surface area (Å²) in [6, 6.07) is 0.284. The van der Waals surface area contributed by atoms with Crippen molar-refractivity contribution in [1.29, 1.82) is 0 Å². The molecule has 1 amide bonds. The molecule has 1 aromatic rings. The molecule has 0 unspecified atom stereocenters. The number of imidazole rings is 1. The van der Waals surface area contributed by atoms with E-state index in [1.807, 2.05) is 10.8 Å². The molecule has 104 valence electrons. The highest BCUT2D eigenvalue weighted by molar-refractivity contribution is 5.93. The van der Waals surface area contributed by atoms with Gasteiger partial charge in [-0.25, -0.2) is 4.98 Å². The highest BCUT2D eigenvalue weighted by Crippen LogP contribution is 2.26. The lowest BCUT2D eigenvalue weighted by Crippen LogP contribution is -2.45. The molecule has 3 rings (SSSR count). The van der Waals surface area contributed by atoms with Gasteiger partial charge in [-0.1, -0.05) is 0 Å². The fourth-order valence-corrected chi connectivity index (χ4v) is 2.68. The first-order valence-electron chi connectivity index (χ1n) is 7.02. The van der Waals surface area contributed by atoms with Crippen LogP contribution in [0.5, 0.6) is 0 Å². The number of aromatic nitrogens is 2. The number of anilines is 1. The van der Waals surface area contributed by atoms with Crippen LogP contribution in [0, 0.1) is 0 Å². The van der Waals surface area contributed by atoms with Crippen molar-refractivity contribution in [2.45, 2.75) is 38.3 Å². The maximum Gasteiger partial charge on any atom is 0.274 e. The van der Waals surface area contributed by atoms with Gasteiger partial charge in [0.1, 0.15) is 5.69 Å². The van der Waals surface area contributed by atoms with E-state index in [1.54, 1.807) is 4.90 Å². The van der Waals surface area contributed by atoms with E-state index in [4.69, 9.17) is 5.11 Å². The van der Waals surface area contributed by atoms with Gasteiger partial charge in [-0.2, -0.15) is 0 Å². The Morgan fingerprint density at radius 3 is 3.00 bits per heavy atom. The van der Waals surface area contributed by atoms with E-state index in [9.17, 15) is 4.79 Å². The normalized spacial score (nSPS) is 18.4. The number of hydrogen-bond donors (Lipinski definition) is 2. The lowest BCUT2D eigenvalue weighted by Gasteiger charge is -2.36. The SMILES string of the molecule is O=C(c1cn2c(n1)NCCC2)N(CCO)C1CCC1. The van der Waals surface area contributed by atoms with Crippen molar-refractivity contribution in [3.63, 3.8) is 0 Å². The molecule has 1 aromatic heterocycles. The Kier molecular flexibility index (Phi) is 3.42. The van der Waals surface area contributed by atoms with Crippen LogP contribution in [0.25, 0.3) is 0 Å². The van der Waals surface area contributed by atoms with Gasteiger partial charge in [-0.3, -0.25) is 4.79 Å². The third-order valence-corrected chi connectivity index (χ3v) is 3.97. The number of hydrogen-bond acceptors (Lipinski definition) is 4. The Hall–Kier alpha value is -1.56. The summed E-state index contributed by atoms with van der Waals surface area (Å²) in [6.07, 6.45) is 6.13. The predicted octanol–water partition coefficient (Wildman–Crippen LogP) is 0.686. The van der Waals surface area contributed by atoms with Crippen LogP contribution in [0.1, 0.15) is 36.2 Å². The van der Waals surface area contributed by atoms with Crippen LogP contribution in [0.4, 0.5) is 5.95 Å². The standard InChI is InChI=1S/C13H20N4O2/c18-8-7-17(10-3-1-4-10)12(19)11-9-16-6-2-5-14-13(16)15-11/h9-10,18H,1-8H2,(H,14,15). The summed E-state index contributed by atoms with van der Waals surface area (Å²) in [5.74, 6) is 0.731. The number of fused-ring (bicyclic) bond motifs is 1. The molecule has 1 fully saturated rings. The van der Waals surface area contributed by atoms with E-state index in [1.165, 1.54) is 6.42 Å². The molecular weight excluding hydrogens is 244 g/mol. The second-order valence-electron chi connectivity index (χ2n) is 5.23. The minimum atomic E-state index is -0.0533. The van der Waals surface area contributed by atoms with Gasteiger partial charge in [0.15, 0.2) is 0 Å². The zero-order chi connectivity index (χ0) is 13.2. The Morgan fingerprint density at radius 1 is 1.53 bits per heavy atom. The first kappa shape index (κ1) is 12.5. The third kappa shape index (κ3) is 2.32. The molecule has 1 saturated carbocycles. The molecule has 2 heterocycles. The minimum Gasteiger partial charge on any atom is -0.395 e. The molecular formula is C13H20N4O2. The molecule has 6 nitrogen and oxygen atoms in total. The van der Waals surface area contributed by atoms with Crippen LogP contribution in [0.3, 0.4) is 0 Å². The average Bonchev–Trinajstić information content (AvgIpc) is 2.79. The summed E-state index contributed by atoms with van der Waals surface area (Å²) in [5, 5.41) is 12.3. The van der Waals surface area contributed by atoms with Gasteiger partial charge in [-0.05, 0) is 25.7 Å². The summed E-state index contributed by atoms with van der Waals surface area (Å²) < 4.78 is 1.99. The van der Waals surface area contributed by atoms with E-state index in [-0.39, 0.29) is 18.6 Å². The van der Waals surface area contributed by atoms with Crippen molar-refractivity contribution in [2.24, 2.45) is 0 Å². The van der Waals surface area contributed by atoms with Gasteiger partial charge in [0, 0.05) is 31.9 Å². The van der Waals surface area contributed by atoms with Crippen LogP contribution in [0.2, 0.25) is 0 Å². The summed E-state index contributed by atoms with van der Waals surface area (Å²) in [5.41, 5.74) is 0.491. The quantitative estimate of drug-likeness (QED) is 0.839. The van der Waals surface area contributed by atoms with E-state index >= 15 is 0 Å².